The third-order valence-electron chi connectivity index (χ3n) is 2.34. The molecule has 3 heteroatoms. The van der Waals surface area contributed by atoms with Crippen LogP contribution in [0.4, 0.5) is 5.13 Å². The van der Waals surface area contributed by atoms with E-state index in [0.29, 0.717) is 11.0 Å². The van der Waals surface area contributed by atoms with Gasteiger partial charge in [-0.2, -0.15) is 0 Å². The molecule has 15 heavy (non-hydrogen) atoms. The Labute approximate surface area is 96.2 Å². The van der Waals surface area contributed by atoms with E-state index in [1.807, 2.05) is 0 Å². The van der Waals surface area contributed by atoms with E-state index in [4.69, 9.17) is 5.73 Å². The van der Waals surface area contributed by atoms with Gasteiger partial charge in [-0.05, 0) is 24.3 Å². The SMILES string of the molecule is CC/C=C(\CC)c1sc(N)nc1C(C)C. The van der Waals surface area contributed by atoms with Gasteiger partial charge in [-0.25, -0.2) is 4.98 Å². The summed E-state index contributed by atoms with van der Waals surface area (Å²) in [5.41, 5.74) is 8.32. The smallest absolute Gasteiger partial charge is 0.180 e. The van der Waals surface area contributed by atoms with Crippen LogP contribution in [0.3, 0.4) is 0 Å². The molecular weight excluding hydrogens is 204 g/mol. The summed E-state index contributed by atoms with van der Waals surface area (Å²) in [6.45, 7) is 8.67. The lowest BCUT2D eigenvalue weighted by molar-refractivity contribution is 0.830. The Hall–Kier alpha value is -0.830. The van der Waals surface area contributed by atoms with Crippen molar-refractivity contribution in [3.63, 3.8) is 0 Å². The second-order valence-electron chi connectivity index (χ2n) is 3.91. The minimum Gasteiger partial charge on any atom is -0.375 e. The topological polar surface area (TPSA) is 38.9 Å². The van der Waals surface area contributed by atoms with Gasteiger partial charge in [0, 0.05) is 0 Å². The van der Waals surface area contributed by atoms with Crippen LogP contribution in [0.2, 0.25) is 0 Å². The summed E-state index contributed by atoms with van der Waals surface area (Å²) < 4.78 is 0. The van der Waals surface area contributed by atoms with Gasteiger partial charge < -0.3 is 5.73 Å². The minimum absolute atomic E-state index is 0.445. The lowest BCUT2D eigenvalue weighted by Crippen LogP contribution is -1.93. The van der Waals surface area contributed by atoms with Crippen LogP contribution in [0.1, 0.15) is 57.0 Å². The molecule has 1 heterocycles. The normalized spacial score (nSPS) is 12.5. The summed E-state index contributed by atoms with van der Waals surface area (Å²) in [5, 5.41) is 0.684. The van der Waals surface area contributed by atoms with Crippen molar-refractivity contribution in [1.82, 2.24) is 4.98 Å². The summed E-state index contributed by atoms with van der Waals surface area (Å²) in [4.78, 5) is 5.70. The molecule has 0 radical (unpaired) electrons. The van der Waals surface area contributed by atoms with E-state index in [1.165, 1.54) is 10.5 Å². The van der Waals surface area contributed by atoms with Crippen molar-refractivity contribution in [2.24, 2.45) is 0 Å². The summed E-state index contributed by atoms with van der Waals surface area (Å²) >= 11 is 1.61. The maximum absolute atomic E-state index is 5.79. The molecule has 0 aliphatic rings. The number of allylic oxidation sites excluding steroid dienone is 2. The molecule has 84 valence electrons. The van der Waals surface area contributed by atoms with E-state index >= 15 is 0 Å². The maximum atomic E-state index is 5.79. The van der Waals surface area contributed by atoms with Crippen molar-refractivity contribution in [3.8, 4) is 0 Å². The van der Waals surface area contributed by atoms with Crippen molar-refractivity contribution < 1.29 is 0 Å². The Balaban J connectivity index is 3.16. The molecule has 0 unspecified atom stereocenters. The molecule has 0 fully saturated rings. The van der Waals surface area contributed by atoms with Crippen LogP contribution in [0, 0.1) is 0 Å². The van der Waals surface area contributed by atoms with Crippen LogP contribution in [-0.2, 0) is 0 Å². The van der Waals surface area contributed by atoms with Gasteiger partial charge in [-0.3, -0.25) is 0 Å². The van der Waals surface area contributed by atoms with Crippen LogP contribution >= 0.6 is 11.3 Å². The minimum atomic E-state index is 0.445. The molecule has 2 nitrogen and oxygen atoms in total. The van der Waals surface area contributed by atoms with Gasteiger partial charge in [0.15, 0.2) is 5.13 Å². The molecule has 0 aromatic carbocycles. The molecule has 1 aromatic rings. The first-order chi connectivity index (χ1) is 7.10. The van der Waals surface area contributed by atoms with Gasteiger partial charge >= 0.3 is 0 Å². The average molecular weight is 224 g/mol. The zero-order valence-corrected chi connectivity index (χ0v) is 10.8. The first-order valence-electron chi connectivity index (χ1n) is 5.55. The zero-order chi connectivity index (χ0) is 11.4. The van der Waals surface area contributed by atoms with E-state index in [2.05, 4.69) is 38.8 Å². The van der Waals surface area contributed by atoms with Crippen LogP contribution in [0.25, 0.3) is 5.57 Å². The molecular formula is C12H20N2S. The Kier molecular flexibility index (Phi) is 4.33. The van der Waals surface area contributed by atoms with E-state index < -0.39 is 0 Å². The zero-order valence-electron chi connectivity index (χ0n) is 10.0. The second-order valence-corrected chi connectivity index (χ2v) is 4.94. The van der Waals surface area contributed by atoms with Gasteiger partial charge in [-0.15, -0.1) is 0 Å². The molecule has 1 rings (SSSR count). The number of nitrogens with zero attached hydrogens (tertiary/aromatic N) is 1. The van der Waals surface area contributed by atoms with Gasteiger partial charge in [0.2, 0.25) is 0 Å². The van der Waals surface area contributed by atoms with Crippen molar-refractivity contribution in [3.05, 3.63) is 16.6 Å². The van der Waals surface area contributed by atoms with E-state index in [9.17, 15) is 0 Å². The first-order valence-corrected chi connectivity index (χ1v) is 6.37. The highest BCUT2D eigenvalue weighted by molar-refractivity contribution is 7.16. The standard InChI is InChI=1S/C12H20N2S/c1-5-7-9(6-2)11-10(8(3)4)14-12(13)15-11/h7-8H,5-6H2,1-4H3,(H2,13,14)/b9-7+. The van der Waals surface area contributed by atoms with Crippen molar-refractivity contribution >= 4 is 22.0 Å². The summed E-state index contributed by atoms with van der Waals surface area (Å²) in [5.74, 6) is 0.445. The van der Waals surface area contributed by atoms with Crippen LogP contribution in [-0.4, -0.2) is 4.98 Å². The van der Waals surface area contributed by atoms with E-state index in [0.717, 1.165) is 18.5 Å². The molecule has 0 saturated carbocycles. The number of anilines is 1. The highest BCUT2D eigenvalue weighted by Crippen LogP contribution is 2.33. The number of nitrogens with two attached hydrogens (primary N) is 1. The number of thiazole rings is 1. The third-order valence-corrected chi connectivity index (χ3v) is 3.32. The molecule has 0 atom stereocenters. The molecule has 0 aliphatic carbocycles. The number of nitrogen functional groups attached to an aromatic ring is 1. The molecule has 0 spiro atoms. The predicted molar refractivity (Wildman–Crippen MR) is 69.2 cm³/mol. The van der Waals surface area contributed by atoms with Gasteiger partial charge in [0.1, 0.15) is 0 Å². The van der Waals surface area contributed by atoms with Gasteiger partial charge in [-0.1, -0.05) is 45.1 Å². The van der Waals surface area contributed by atoms with Gasteiger partial charge in [0.25, 0.3) is 0 Å². The van der Waals surface area contributed by atoms with Crippen molar-refractivity contribution in [1.29, 1.82) is 0 Å². The molecule has 0 amide bonds. The number of hydrogen-bond acceptors (Lipinski definition) is 3. The molecule has 0 aliphatic heterocycles. The number of aromatic nitrogens is 1. The number of rotatable bonds is 4. The fourth-order valence-corrected chi connectivity index (χ4v) is 2.71. The third kappa shape index (κ3) is 2.81. The highest BCUT2D eigenvalue weighted by Gasteiger charge is 2.14. The molecule has 2 N–H and O–H groups in total. The van der Waals surface area contributed by atoms with Crippen LogP contribution in [0.15, 0.2) is 6.08 Å². The van der Waals surface area contributed by atoms with Crippen LogP contribution in [0.5, 0.6) is 0 Å². The molecule has 0 saturated heterocycles. The van der Waals surface area contributed by atoms with Crippen molar-refractivity contribution in [2.45, 2.75) is 46.5 Å². The summed E-state index contributed by atoms with van der Waals surface area (Å²) in [6, 6.07) is 0. The quantitative estimate of drug-likeness (QED) is 0.838. The highest BCUT2D eigenvalue weighted by atomic mass is 32.1. The Morgan fingerprint density at radius 1 is 1.47 bits per heavy atom. The average Bonchev–Trinajstić information content (AvgIpc) is 2.56. The Bertz CT molecular complexity index is 351. The lowest BCUT2D eigenvalue weighted by Gasteiger charge is -2.07. The van der Waals surface area contributed by atoms with Crippen molar-refractivity contribution in [2.75, 3.05) is 5.73 Å². The number of hydrogen-bond donors (Lipinski definition) is 1. The summed E-state index contributed by atoms with van der Waals surface area (Å²) in [7, 11) is 0. The second kappa shape index (κ2) is 5.31. The first kappa shape index (κ1) is 12.2. The fraction of sp³-hybridized carbons (Fsp3) is 0.583. The van der Waals surface area contributed by atoms with Gasteiger partial charge in [0.05, 0.1) is 10.6 Å². The Morgan fingerprint density at radius 2 is 2.13 bits per heavy atom. The van der Waals surface area contributed by atoms with Crippen LogP contribution < -0.4 is 5.73 Å². The molecule has 1 aromatic heterocycles. The summed E-state index contributed by atoms with van der Waals surface area (Å²) in [6.07, 6.45) is 4.40. The fourth-order valence-electron chi connectivity index (χ4n) is 1.61. The maximum Gasteiger partial charge on any atom is 0.180 e. The lowest BCUT2D eigenvalue weighted by atomic mass is 10.0. The monoisotopic (exact) mass is 224 g/mol. The van der Waals surface area contributed by atoms with E-state index in [1.54, 1.807) is 11.3 Å². The molecule has 0 bridgehead atoms. The Morgan fingerprint density at radius 3 is 2.60 bits per heavy atom. The van der Waals surface area contributed by atoms with E-state index in [-0.39, 0.29) is 0 Å². The largest absolute Gasteiger partial charge is 0.375 e. The predicted octanol–water partition coefficient (Wildman–Crippen LogP) is 4.05.